The third-order valence-electron chi connectivity index (χ3n) is 7.74. The summed E-state index contributed by atoms with van der Waals surface area (Å²) in [6.07, 6.45) is 11.7. The number of pyridine rings is 3. The quantitative estimate of drug-likeness (QED) is 0.260. The van der Waals surface area contributed by atoms with Crippen LogP contribution in [0.1, 0.15) is 17.5 Å². The van der Waals surface area contributed by atoms with Crippen molar-refractivity contribution in [3.05, 3.63) is 84.6 Å². The lowest BCUT2D eigenvalue weighted by molar-refractivity contribution is 0.0125. The van der Waals surface area contributed by atoms with Crippen LogP contribution in [-0.2, 0) is 7.05 Å². The van der Waals surface area contributed by atoms with Crippen molar-refractivity contribution in [2.24, 2.45) is 7.05 Å². The van der Waals surface area contributed by atoms with E-state index >= 15 is 0 Å². The molecule has 0 saturated carbocycles. The summed E-state index contributed by atoms with van der Waals surface area (Å²) >= 11 is 0. The number of aromatic nitrogens is 6. The van der Waals surface area contributed by atoms with E-state index in [-0.39, 0.29) is 0 Å². The Morgan fingerprint density at radius 3 is 2.58 bits per heavy atom. The second-order valence-electron chi connectivity index (χ2n) is 10.2. The number of halogens is 1. The second-order valence-corrected chi connectivity index (χ2v) is 10.2. The molecular formula is C30H24FN9. The van der Waals surface area contributed by atoms with Crippen LogP contribution in [0, 0.1) is 29.1 Å². The minimum Gasteiger partial charge on any atom is -0.353 e. The SMILES string of the molecule is Cn1cc(-c2cc(-c3ccc(N4CC5CC(C4)N5CC#Cc4cccnc4F)nc3)c3c(C#N)cnn3c2)cn1. The zero-order valence-corrected chi connectivity index (χ0v) is 21.7. The van der Waals surface area contributed by atoms with Gasteiger partial charge in [-0.15, -0.1) is 0 Å². The van der Waals surface area contributed by atoms with Gasteiger partial charge in [-0.05, 0) is 36.8 Å². The summed E-state index contributed by atoms with van der Waals surface area (Å²) in [5, 5.41) is 18.4. The fourth-order valence-corrected chi connectivity index (χ4v) is 5.72. The first-order valence-electron chi connectivity index (χ1n) is 13.0. The molecule has 9 nitrogen and oxygen atoms in total. The van der Waals surface area contributed by atoms with Crippen molar-refractivity contribution in [1.29, 1.82) is 5.26 Å². The third kappa shape index (κ3) is 4.15. The maximum atomic E-state index is 13.8. The normalized spacial score (nSPS) is 18.2. The van der Waals surface area contributed by atoms with Crippen LogP contribution in [0.25, 0.3) is 27.8 Å². The number of hydrogen-bond donors (Lipinski definition) is 0. The molecule has 0 N–H and O–H groups in total. The Morgan fingerprint density at radius 1 is 0.975 bits per heavy atom. The smallest absolute Gasteiger partial charge is 0.228 e. The van der Waals surface area contributed by atoms with Crippen molar-refractivity contribution >= 4 is 11.3 Å². The van der Waals surface area contributed by atoms with Gasteiger partial charge in [-0.1, -0.05) is 11.8 Å². The van der Waals surface area contributed by atoms with Gasteiger partial charge in [-0.25, -0.2) is 14.5 Å². The van der Waals surface area contributed by atoms with Crippen LogP contribution in [0.15, 0.2) is 67.5 Å². The second kappa shape index (κ2) is 9.60. The lowest BCUT2D eigenvalue weighted by atomic mass is 9.87. The maximum Gasteiger partial charge on any atom is 0.228 e. The van der Waals surface area contributed by atoms with E-state index in [1.54, 1.807) is 27.5 Å². The summed E-state index contributed by atoms with van der Waals surface area (Å²) in [7, 11) is 1.88. The Balaban J connectivity index is 1.10. The highest BCUT2D eigenvalue weighted by atomic mass is 19.1. The van der Waals surface area contributed by atoms with Crippen molar-refractivity contribution in [1.82, 2.24) is 34.3 Å². The van der Waals surface area contributed by atoms with Gasteiger partial charge in [-0.2, -0.15) is 19.8 Å². The van der Waals surface area contributed by atoms with Crippen molar-refractivity contribution in [3.63, 3.8) is 0 Å². The van der Waals surface area contributed by atoms with Crippen LogP contribution in [0.5, 0.6) is 0 Å². The van der Waals surface area contributed by atoms with E-state index in [0.29, 0.717) is 29.8 Å². The van der Waals surface area contributed by atoms with Gasteiger partial charge in [0, 0.05) is 79.3 Å². The predicted molar refractivity (Wildman–Crippen MR) is 148 cm³/mol. The van der Waals surface area contributed by atoms with E-state index in [1.165, 1.54) is 6.20 Å². The summed E-state index contributed by atoms with van der Waals surface area (Å²) < 4.78 is 17.3. The Kier molecular flexibility index (Phi) is 5.76. The average Bonchev–Trinajstić information content (AvgIpc) is 3.61. The van der Waals surface area contributed by atoms with Crippen LogP contribution in [0.2, 0.25) is 0 Å². The average molecular weight is 530 g/mol. The lowest BCUT2D eigenvalue weighted by Gasteiger charge is -2.56. The van der Waals surface area contributed by atoms with E-state index < -0.39 is 5.95 Å². The van der Waals surface area contributed by atoms with E-state index in [0.717, 1.165) is 53.1 Å². The summed E-state index contributed by atoms with van der Waals surface area (Å²) in [6, 6.07) is 12.6. The molecule has 3 saturated heterocycles. The Bertz CT molecular complexity index is 1830. The van der Waals surface area contributed by atoms with Crippen molar-refractivity contribution in [3.8, 4) is 40.2 Å². The molecule has 5 aromatic rings. The lowest BCUT2D eigenvalue weighted by Crippen LogP contribution is -2.68. The van der Waals surface area contributed by atoms with E-state index in [9.17, 15) is 9.65 Å². The standard InChI is InChI=1S/C30H24FN9/c1-37-16-24(15-35-37)22-10-27(29-23(12-32)14-36-40(29)17-22)21-6-7-28(34-13-21)38-18-25-11-26(19-38)39(25)9-3-5-20-4-2-8-33-30(20)31/h2,4,6-8,10,13-17,25-26H,9,11,18-19H2,1H3. The molecule has 0 radical (unpaired) electrons. The monoisotopic (exact) mass is 529 g/mol. The highest BCUT2D eigenvalue weighted by molar-refractivity contribution is 5.87. The minimum absolute atomic E-state index is 0.333. The van der Waals surface area contributed by atoms with Crippen LogP contribution < -0.4 is 4.90 Å². The molecule has 0 amide bonds. The largest absolute Gasteiger partial charge is 0.353 e. The van der Waals surface area contributed by atoms with Gasteiger partial charge in [0.2, 0.25) is 5.95 Å². The number of anilines is 1. The van der Waals surface area contributed by atoms with E-state index in [2.05, 4.69) is 55.0 Å². The van der Waals surface area contributed by atoms with Crippen molar-refractivity contribution in [2.45, 2.75) is 18.5 Å². The number of aryl methyl sites for hydroxylation is 1. The van der Waals surface area contributed by atoms with Gasteiger partial charge >= 0.3 is 0 Å². The Morgan fingerprint density at radius 2 is 1.85 bits per heavy atom. The molecule has 5 aromatic heterocycles. The van der Waals surface area contributed by atoms with Gasteiger partial charge in [0.1, 0.15) is 11.9 Å². The number of nitrogens with zero attached hydrogens (tertiary/aromatic N) is 9. The molecule has 0 aliphatic carbocycles. The Hall–Kier alpha value is -5.06. The van der Waals surface area contributed by atoms with E-state index in [1.807, 2.05) is 37.9 Å². The summed E-state index contributed by atoms with van der Waals surface area (Å²) in [6.45, 7) is 2.35. The van der Waals surface area contributed by atoms with Gasteiger partial charge in [0.25, 0.3) is 0 Å². The molecule has 3 aliphatic rings. The van der Waals surface area contributed by atoms with Gasteiger partial charge in [-0.3, -0.25) is 9.58 Å². The van der Waals surface area contributed by atoms with E-state index in [4.69, 9.17) is 4.98 Å². The molecule has 0 spiro atoms. The first-order valence-corrected chi connectivity index (χ1v) is 13.0. The zero-order chi connectivity index (χ0) is 27.2. The minimum atomic E-state index is -0.527. The van der Waals surface area contributed by atoms with Gasteiger partial charge in [0.05, 0.1) is 35.6 Å². The molecule has 2 bridgehead atoms. The first kappa shape index (κ1) is 24.0. The molecule has 2 atom stereocenters. The van der Waals surface area contributed by atoms with Crippen LogP contribution >= 0.6 is 0 Å². The fourth-order valence-electron chi connectivity index (χ4n) is 5.72. The number of piperazine rings is 1. The highest BCUT2D eigenvalue weighted by Crippen LogP contribution is 2.35. The maximum absolute atomic E-state index is 13.8. The molecule has 196 valence electrons. The van der Waals surface area contributed by atoms with Crippen LogP contribution in [-0.4, -0.2) is 66.0 Å². The summed E-state index contributed by atoms with van der Waals surface area (Å²) in [4.78, 5) is 13.2. The number of hydrogen-bond acceptors (Lipinski definition) is 7. The topological polar surface area (TPSA) is 91.2 Å². The number of nitriles is 1. The molecule has 8 rings (SSSR count). The molecule has 0 aromatic carbocycles. The molecule has 8 heterocycles. The highest BCUT2D eigenvalue weighted by Gasteiger charge is 2.44. The van der Waals surface area contributed by atoms with Crippen LogP contribution in [0.3, 0.4) is 0 Å². The Labute approximate surface area is 230 Å². The summed E-state index contributed by atoms with van der Waals surface area (Å²) in [5.41, 5.74) is 5.34. The predicted octanol–water partition coefficient (Wildman–Crippen LogP) is 3.52. The number of fused-ring (bicyclic) bond motifs is 3. The molecule has 3 aliphatic heterocycles. The summed E-state index contributed by atoms with van der Waals surface area (Å²) in [5.74, 6) is 6.43. The zero-order valence-electron chi connectivity index (χ0n) is 21.7. The van der Waals surface area contributed by atoms with Gasteiger partial charge < -0.3 is 4.90 Å². The molecule has 40 heavy (non-hydrogen) atoms. The molecule has 2 unspecified atom stereocenters. The molecule has 3 fully saturated rings. The fraction of sp³-hybridized carbons (Fsp3) is 0.233. The van der Waals surface area contributed by atoms with Gasteiger partial charge in [0.15, 0.2) is 0 Å². The molecule has 10 heteroatoms. The van der Waals surface area contributed by atoms with Crippen LogP contribution in [0.4, 0.5) is 10.2 Å². The molecular weight excluding hydrogens is 505 g/mol. The first-order chi connectivity index (χ1) is 19.6. The van der Waals surface area contributed by atoms with Crippen molar-refractivity contribution < 1.29 is 4.39 Å². The van der Waals surface area contributed by atoms with Crippen molar-refractivity contribution in [2.75, 3.05) is 24.5 Å². The number of rotatable bonds is 4. The number of piperidine rings is 1. The third-order valence-corrected chi connectivity index (χ3v) is 7.74.